The fourth-order valence-electron chi connectivity index (χ4n) is 1.22. The molecule has 0 spiro atoms. The van der Waals surface area contributed by atoms with Crippen molar-refractivity contribution in [1.82, 2.24) is 5.06 Å². The van der Waals surface area contributed by atoms with Crippen molar-refractivity contribution in [3.63, 3.8) is 0 Å². The molecule has 0 atom stereocenters. The van der Waals surface area contributed by atoms with Crippen LogP contribution in [0.25, 0.3) is 0 Å². The van der Waals surface area contributed by atoms with Crippen molar-refractivity contribution in [1.29, 1.82) is 0 Å². The van der Waals surface area contributed by atoms with Gasteiger partial charge in [0.1, 0.15) is 0 Å². The summed E-state index contributed by atoms with van der Waals surface area (Å²) in [5.41, 5.74) is 0.347. The second-order valence-electron chi connectivity index (χ2n) is 3.19. The number of hydrogen-bond acceptors (Lipinski definition) is 4. The lowest BCUT2D eigenvalue weighted by Gasteiger charge is -2.16. The molecule has 0 saturated carbocycles. The molecule has 4 nitrogen and oxygen atoms in total. The van der Waals surface area contributed by atoms with Crippen LogP contribution in [0.2, 0.25) is 0 Å². The minimum atomic E-state index is -0.838. The second-order valence-corrected chi connectivity index (χ2v) is 3.19. The van der Waals surface area contributed by atoms with Crippen LogP contribution in [-0.2, 0) is 9.63 Å². The number of carbonyl (C=O) groups is 2. The molecule has 0 amide bonds. The molecule has 0 aliphatic heterocycles. The third-order valence-electron chi connectivity index (χ3n) is 2.14. The van der Waals surface area contributed by atoms with Gasteiger partial charge >= 0.3 is 5.97 Å². The van der Waals surface area contributed by atoms with Crippen LogP contribution in [0.4, 0.5) is 0 Å². The molecule has 1 rings (SSSR count). The van der Waals surface area contributed by atoms with E-state index in [9.17, 15) is 9.59 Å². The summed E-state index contributed by atoms with van der Waals surface area (Å²) in [6, 6.07) is 8.37. The van der Waals surface area contributed by atoms with Crippen LogP contribution in [0.1, 0.15) is 24.2 Å². The Labute approximate surface area is 94.8 Å². The van der Waals surface area contributed by atoms with E-state index in [1.165, 1.54) is 5.06 Å². The van der Waals surface area contributed by atoms with E-state index in [2.05, 4.69) is 0 Å². The normalized spacial score (nSPS) is 10.2. The third-order valence-corrected chi connectivity index (χ3v) is 2.14. The lowest BCUT2D eigenvalue weighted by atomic mass is 10.1. The summed E-state index contributed by atoms with van der Waals surface area (Å²) in [4.78, 5) is 28.0. The smallest absolute Gasteiger partial charge is 0.361 e. The average molecular weight is 221 g/mol. The molecular formula is C12H15NO3. The SMILES string of the molecule is CCN(CC)OC(=O)C(=O)c1ccccc1. The Bertz CT molecular complexity index is 358. The topological polar surface area (TPSA) is 46.6 Å². The van der Waals surface area contributed by atoms with E-state index < -0.39 is 11.8 Å². The Kier molecular flexibility index (Phi) is 4.66. The van der Waals surface area contributed by atoms with Gasteiger partial charge in [0, 0.05) is 18.7 Å². The molecule has 0 heterocycles. The maximum absolute atomic E-state index is 11.6. The highest BCUT2D eigenvalue weighted by Gasteiger charge is 2.19. The van der Waals surface area contributed by atoms with Crippen molar-refractivity contribution >= 4 is 11.8 Å². The van der Waals surface area contributed by atoms with E-state index in [0.29, 0.717) is 18.7 Å². The monoisotopic (exact) mass is 221 g/mol. The van der Waals surface area contributed by atoms with Gasteiger partial charge < -0.3 is 4.84 Å². The predicted octanol–water partition coefficient (Wildman–Crippen LogP) is 1.67. The molecular weight excluding hydrogens is 206 g/mol. The van der Waals surface area contributed by atoms with Gasteiger partial charge in [-0.2, -0.15) is 0 Å². The Balaban J connectivity index is 2.65. The molecule has 0 aliphatic rings. The van der Waals surface area contributed by atoms with Crippen LogP contribution >= 0.6 is 0 Å². The fraction of sp³-hybridized carbons (Fsp3) is 0.333. The molecule has 0 N–H and O–H groups in total. The van der Waals surface area contributed by atoms with Crippen molar-refractivity contribution in [2.45, 2.75) is 13.8 Å². The maximum Gasteiger partial charge on any atom is 0.398 e. The van der Waals surface area contributed by atoms with Crippen molar-refractivity contribution < 1.29 is 14.4 Å². The molecule has 86 valence electrons. The molecule has 0 unspecified atom stereocenters. The van der Waals surface area contributed by atoms with Crippen LogP contribution in [0.5, 0.6) is 0 Å². The van der Waals surface area contributed by atoms with E-state index in [4.69, 9.17) is 4.84 Å². The first-order valence-electron chi connectivity index (χ1n) is 5.25. The zero-order valence-corrected chi connectivity index (χ0v) is 9.47. The number of Topliss-reactive ketones (excluding diaryl/α,β-unsaturated/α-hetero) is 1. The summed E-state index contributed by atoms with van der Waals surface area (Å²) in [6.07, 6.45) is 0. The Hall–Kier alpha value is -1.68. The standard InChI is InChI=1S/C12H15NO3/c1-3-13(4-2)16-12(15)11(14)10-8-6-5-7-9-10/h5-9H,3-4H2,1-2H3. The van der Waals surface area contributed by atoms with Crippen molar-refractivity contribution in [2.24, 2.45) is 0 Å². The molecule has 1 aromatic carbocycles. The average Bonchev–Trinajstić information content (AvgIpc) is 2.35. The van der Waals surface area contributed by atoms with Gasteiger partial charge in [0.05, 0.1) is 0 Å². The van der Waals surface area contributed by atoms with E-state index >= 15 is 0 Å². The minimum Gasteiger partial charge on any atom is -0.361 e. The van der Waals surface area contributed by atoms with E-state index in [-0.39, 0.29) is 0 Å². The van der Waals surface area contributed by atoms with Gasteiger partial charge in [-0.1, -0.05) is 30.3 Å². The number of benzene rings is 1. The van der Waals surface area contributed by atoms with Gasteiger partial charge in [-0.05, 0) is 13.8 Å². The van der Waals surface area contributed by atoms with Gasteiger partial charge in [0.15, 0.2) is 0 Å². The van der Waals surface area contributed by atoms with Gasteiger partial charge in [0.2, 0.25) is 0 Å². The van der Waals surface area contributed by atoms with Gasteiger partial charge in [-0.25, -0.2) is 4.79 Å². The molecule has 1 aromatic rings. The summed E-state index contributed by atoms with van der Waals surface area (Å²) in [5.74, 6) is -1.46. The molecule has 0 radical (unpaired) electrons. The number of nitrogens with zero attached hydrogens (tertiary/aromatic N) is 1. The molecule has 0 fully saturated rings. The fourth-order valence-corrected chi connectivity index (χ4v) is 1.22. The van der Waals surface area contributed by atoms with Gasteiger partial charge in [-0.15, -0.1) is 5.06 Å². The Morgan fingerprint density at radius 2 is 1.69 bits per heavy atom. The highest BCUT2D eigenvalue weighted by atomic mass is 16.7. The lowest BCUT2D eigenvalue weighted by molar-refractivity contribution is -0.181. The van der Waals surface area contributed by atoms with E-state index in [0.717, 1.165) is 0 Å². The molecule has 16 heavy (non-hydrogen) atoms. The second kappa shape index (κ2) is 6.02. The third kappa shape index (κ3) is 3.17. The van der Waals surface area contributed by atoms with Crippen molar-refractivity contribution in [2.75, 3.05) is 13.1 Å². The lowest BCUT2D eigenvalue weighted by Crippen LogP contribution is -2.30. The summed E-state index contributed by atoms with van der Waals surface area (Å²) in [7, 11) is 0. The number of hydroxylamine groups is 2. The quantitative estimate of drug-likeness (QED) is 0.431. The molecule has 0 bridgehead atoms. The van der Waals surface area contributed by atoms with Crippen LogP contribution in [0, 0.1) is 0 Å². The minimum absolute atomic E-state index is 0.347. The summed E-state index contributed by atoms with van der Waals surface area (Å²) in [5, 5.41) is 1.43. The highest BCUT2D eigenvalue weighted by Crippen LogP contribution is 2.02. The first-order valence-corrected chi connectivity index (χ1v) is 5.25. The van der Waals surface area contributed by atoms with Crippen LogP contribution in [-0.4, -0.2) is 29.9 Å². The van der Waals surface area contributed by atoms with Crippen molar-refractivity contribution in [3.05, 3.63) is 35.9 Å². The maximum atomic E-state index is 11.6. The Morgan fingerprint density at radius 3 is 2.19 bits per heavy atom. The number of ketones is 1. The molecule has 0 aliphatic carbocycles. The first-order chi connectivity index (χ1) is 7.69. The highest BCUT2D eigenvalue weighted by molar-refractivity contribution is 6.40. The van der Waals surface area contributed by atoms with E-state index in [1.807, 2.05) is 13.8 Å². The summed E-state index contributed by atoms with van der Waals surface area (Å²) < 4.78 is 0. The van der Waals surface area contributed by atoms with Gasteiger partial charge in [0.25, 0.3) is 5.78 Å². The molecule has 0 saturated heterocycles. The zero-order chi connectivity index (χ0) is 12.0. The van der Waals surface area contributed by atoms with Crippen molar-refractivity contribution in [3.8, 4) is 0 Å². The summed E-state index contributed by atoms with van der Waals surface area (Å²) >= 11 is 0. The first kappa shape index (κ1) is 12.4. The van der Waals surface area contributed by atoms with Crippen LogP contribution in [0.15, 0.2) is 30.3 Å². The Morgan fingerprint density at radius 1 is 1.12 bits per heavy atom. The number of rotatable bonds is 5. The molecule has 0 aromatic heterocycles. The summed E-state index contributed by atoms with van der Waals surface area (Å²) in [6.45, 7) is 4.82. The van der Waals surface area contributed by atoms with Crippen LogP contribution < -0.4 is 0 Å². The number of carbonyl (C=O) groups excluding carboxylic acids is 2. The molecule has 4 heteroatoms. The van der Waals surface area contributed by atoms with Crippen LogP contribution in [0.3, 0.4) is 0 Å². The van der Waals surface area contributed by atoms with E-state index in [1.54, 1.807) is 30.3 Å². The van der Waals surface area contributed by atoms with Gasteiger partial charge in [-0.3, -0.25) is 4.79 Å². The number of hydrogen-bond donors (Lipinski definition) is 0. The zero-order valence-electron chi connectivity index (χ0n) is 9.47. The predicted molar refractivity (Wildman–Crippen MR) is 59.8 cm³/mol. The largest absolute Gasteiger partial charge is 0.398 e.